The van der Waals surface area contributed by atoms with Crippen molar-refractivity contribution in [3.05, 3.63) is 0 Å². The Morgan fingerprint density at radius 2 is 2.11 bits per heavy atom. The van der Waals surface area contributed by atoms with Gasteiger partial charge in [-0.25, -0.2) is 4.79 Å². The lowest BCUT2D eigenvalue weighted by Crippen LogP contribution is -2.64. The second-order valence-electron chi connectivity index (χ2n) is 4.26. The first-order valence-electron chi connectivity index (χ1n) is 5.27. The van der Waals surface area contributed by atoms with Crippen molar-refractivity contribution in [2.24, 2.45) is 5.73 Å². The first kappa shape index (κ1) is 15.6. The number of carboxylic acids is 1. The highest BCUT2D eigenvalue weighted by molar-refractivity contribution is 7.82. The van der Waals surface area contributed by atoms with E-state index in [2.05, 4.69) is 12.6 Å². The van der Waals surface area contributed by atoms with Crippen molar-refractivity contribution in [1.82, 2.24) is 0 Å². The molecule has 0 bridgehead atoms. The Morgan fingerprint density at radius 1 is 1.56 bits per heavy atom. The Bertz CT molecular complexity index is 317. The van der Waals surface area contributed by atoms with E-state index < -0.39 is 48.0 Å². The maximum atomic E-state index is 11.0. The molecule has 1 fully saturated rings. The zero-order valence-corrected chi connectivity index (χ0v) is 10.3. The minimum Gasteiger partial charge on any atom is -0.478 e. The maximum Gasteiger partial charge on any atom is 0.346 e. The number of aliphatic hydroxyl groups is 4. The SMILES string of the molecule is NC1C(O)CC(S)(C(=O)O)OC1C(O)C(O)CO. The molecule has 0 aromatic carbocycles. The smallest absolute Gasteiger partial charge is 0.346 e. The fourth-order valence-corrected chi connectivity index (χ4v) is 2.06. The minimum atomic E-state index is -2.00. The molecule has 1 aliphatic rings. The molecule has 0 saturated carbocycles. The van der Waals surface area contributed by atoms with E-state index in [9.17, 15) is 20.1 Å². The number of hydrogen-bond acceptors (Lipinski definition) is 8. The van der Waals surface area contributed by atoms with E-state index in [1.165, 1.54) is 0 Å². The third-order valence-corrected chi connectivity index (χ3v) is 3.37. The highest BCUT2D eigenvalue weighted by atomic mass is 32.1. The van der Waals surface area contributed by atoms with Crippen LogP contribution < -0.4 is 5.73 Å². The first-order valence-corrected chi connectivity index (χ1v) is 5.72. The number of thiol groups is 1. The summed E-state index contributed by atoms with van der Waals surface area (Å²) >= 11 is 3.80. The lowest BCUT2D eigenvalue weighted by Gasteiger charge is -2.43. The summed E-state index contributed by atoms with van der Waals surface area (Å²) in [4.78, 5) is 8.99. The average Bonchev–Trinajstić information content (AvgIpc) is 2.31. The monoisotopic (exact) mass is 283 g/mol. The molecule has 18 heavy (non-hydrogen) atoms. The van der Waals surface area contributed by atoms with Gasteiger partial charge in [0.2, 0.25) is 4.93 Å². The standard InChI is InChI=1S/C9H17NO7S/c10-5-3(12)1-9(18,8(15)16)17-7(5)6(14)4(13)2-11/h3-7,11-14,18H,1-2,10H2,(H,15,16). The number of nitrogens with two attached hydrogens (primary N) is 1. The van der Waals surface area contributed by atoms with E-state index in [0.29, 0.717) is 0 Å². The number of rotatable bonds is 4. The molecule has 1 aliphatic heterocycles. The average molecular weight is 283 g/mol. The number of carboxylic acid groups (broad SMARTS) is 1. The zero-order chi connectivity index (χ0) is 14.1. The van der Waals surface area contributed by atoms with Crippen molar-refractivity contribution in [1.29, 1.82) is 0 Å². The van der Waals surface area contributed by atoms with Gasteiger partial charge in [0.15, 0.2) is 0 Å². The van der Waals surface area contributed by atoms with E-state index in [0.717, 1.165) is 0 Å². The van der Waals surface area contributed by atoms with Gasteiger partial charge in [-0.3, -0.25) is 0 Å². The molecule has 0 amide bonds. The molecule has 8 nitrogen and oxygen atoms in total. The van der Waals surface area contributed by atoms with Crippen molar-refractivity contribution >= 4 is 18.6 Å². The van der Waals surface area contributed by atoms with E-state index >= 15 is 0 Å². The molecule has 1 heterocycles. The summed E-state index contributed by atoms with van der Waals surface area (Å²) in [6.45, 7) is -0.753. The zero-order valence-electron chi connectivity index (χ0n) is 9.38. The maximum absolute atomic E-state index is 11.0. The molecule has 6 atom stereocenters. The second-order valence-corrected chi connectivity index (χ2v) is 4.98. The van der Waals surface area contributed by atoms with Crippen molar-refractivity contribution in [3.8, 4) is 0 Å². The Balaban J connectivity index is 2.92. The largest absolute Gasteiger partial charge is 0.478 e. The highest BCUT2D eigenvalue weighted by Gasteiger charge is 2.51. The summed E-state index contributed by atoms with van der Waals surface area (Å²) in [5.74, 6) is -1.44. The van der Waals surface area contributed by atoms with Crippen LogP contribution in [-0.2, 0) is 9.53 Å². The molecule has 0 aliphatic carbocycles. The number of aliphatic carboxylic acids is 1. The molecule has 9 heteroatoms. The molecular formula is C9H17NO7S. The van der Waals surface area contributed by atoms with Gasteiger partial charge in [-0.05, 0) is 0 Å². The van der Waals surface area contributed by atoms with E-state index in [-0.39, 0.29) is 6.42 Å². The van der Waals surface area contributed by atoms with Gasteiger partial charge in [-0.15, -0.1) is 12.6 Å². The fraction of sp³-hybridized carbons (Fsp3) is 0.889. The Labute approximate surface area is 108 Å². The second kappa shape index (κ2) is 5.70. The van der Waals surface area contributed by atoms with Gasteiger partial charge in [0, 0.05) is 6.42 Å². The molecule has 6 unspecified atom stereocenters. The molecule has 0 aromatic heterocycles. The van der Waals surface area contributed by atoms with Crippen molar-refractivity contribution in [3.63, 3.8) is 0 Å². The first-order chi connectivity index (χ1) is 8.23. The van der Waals surface area contributed by atoms with Crippen molar-refractivity contribution in [2.45, 2.75) is 41.8 Å². The van der Waals surface area contributed by atoms with Crippen molar-refractivity contribution < 1.29 is 35.1 Å². The molecule has 0 aromatic rings. The van der Waals surface area contributed by atoms with Crippen LogP contribution in [0.2, 0.25) is 0 Å². The minimum absolute atomic E-state index is 0.356. The third-order valence-electron chi connectivity index (χ3n) is 2.89. The van der Waals surface area contributed by atoms with Crippen LogP contribution >= 0.6 is 12.6 Å². The fourth-order valence-electron chi connectivity index (χ4n) is 1.75. The van der Waals surface area contributed by atoms with Gasteiger partial charge >= 0.3 is 5.97 Å². The molecule has 0 spiro atoms. The Hall–Kier alpha value is -0.420. The van der Waals surface area contributed by atoms with Crippen LogP contribution in [0.15, 0.2) is 0 Å². The van der Waals surface area contributed by atoms with Gasteiger partial charge in [0.1, 0.15) is 18.3 Å². The Kier molecular flexibility index (Phi) is 4.95. The van der Waals surface area contributed by atoms with E-state index in [1.807, 2.05) is 0 Å². The van der Waals surface area contributed by atoms with Gasteiger partial charge in [0.25, 0.3) is 0 Å². The van der Waals surface area contributed by atoms with Crippen LogP contribution in [0.1, 0.15) is 6.42 Å². The van der Waals surface area contributed by atoms with Crippen LogP contribution in [0.3, 0.4) is 0 Å². The van der Waals surface area contributed by atoms with Gasteiger partial charge < -0.3 is 36.0 Å². The van der Waals surface area contributed by atoms with Crippen LogP contribution in [-0.4, -0.2) is 73.5 Å². The predicted octanol–water partition coefficient (Wildman–Crippen LogP) is -3.11. The topological polar surface area (TPSA) is 153 Å². The molecule has 1 saturated heterocycles. The van der Waals surface area contributed by atoms with Crippen LogP contribution in [0, 0.1) is 0 Å². The molecular weight excluding hydrogens is 266 g/mol. The Morgan fingerprint density at radius 3 is 2.56 bits per heavy atom. The molecule has 106 valence electrons. The molecule has 0 radical (unpaired) electrons. The quantitative estimate of drug-likeness (QED) is 0.268. The van der Waals surface area contributed by atoms with Crippen LogP contribution in [0.25, 0.3) is 0 Å². The van der Waals surface area contributed by atoms with Gasteiger partial charge in [-0.2, -0.15) is 0 Å². The number of aliphatic hydroxyl groups excluding tert-OH is 4. The summed E-state index contributed by atoms with van der Waals surface area (Å²) in [5.41, 5.74) is 5.58. The van der Waals surface area contributed by atoms with Gasteiger partial charge in [-0.1, -0.05) is 0 Å². The lowest BCUT2D eigenvalue weighted by atomic mass is 9.90. The number of carbonyl (C=O) groups is 1. The van der Waals surface area contributed by atoms with E-state index in [4.69, 9.17) is 20.7 Å². The number of hydrogen-bond donors (Lipinski definition) is 7. The van der Waals surface area contributed by atoms with E-state index in [1.54, 1.807) is 0 Å². The third kappa shape index (κ3) is 2.94. The predicted molar refractivity (Wildman–Crippen MR) is 61.9 cm³/mol. The number of ether oxygens (including phenoxy) is 1. The van der Waals surface area contributed by atoms with Crippen molar-refractivity contribution in [2.75, 3.05) is 6.61 Å². The van der Waals surface area contributed by atoms with Crippen LogP contribution in [0.5, 0.6) is 0 Å². The van der Waals surface area contributed by atoms with Gasteiger partial charge in [0.05, 0.1) is 18.8 Å². The lowest BCUT2D eigenvalue weighted by molar-refractivity contribution is -0.200. The summed E-state index contributed by atoms with van der Waals surface area (Å²) in [5, 5.41) is 46.3. The summed E-state index contributed by atoms with van der Waals surface area (Å²) in [7, 11) is 0. The molecule has 1 rings (SSSR count). The summed E-state index contributed by atoms with van der Waals surface area (Å²) in [6, 6.07) is -1.10. The summed E-state index contributed by atoms with van der Waals surface area (Å²) < 4.78 is 5.06. The van der Waals surface area contributed by atoms with Crippen LogP contribution in [0.4, 0.5) is 0 Å². The highest BCUT2D eigenvalue weighted by Crippen LogP contribution is 2.33. The normalized spacial score (nSPS) is 40.2. The summed E-state index contributed by atoms with van der Waals surface area (Å²) in [6.07, 6.45) is -6.17. The molecule has 7 N–H and O–H groups in total.